The first-order chi connectivity index (χ1) is 5.70. The maximum absolute atomic E-state index is 11.8. The molecule has 2 aliphatic carbocycles. The molecule has 2 rings (SSSR count). The Labute approximate surface area is 74.5 Å². The van der Waals surface area contributed by atoms with Gasteiger partial charge >= 0.3 is 0 Å². The molecule has 1 nitrogen and oxygen atoms in total. The summed E-state index contributed by atoms with van der Waals surface area (Å²) < 4.78 is 0. The number of ketones is 1. The fourth-order valence-corrected chi connectivity index (χ4v) is 2.24. The number of hydrogen-bond acceptors (Lipinski definition) is 1. The largest absolute Gasteiger partial charge is 0.299 e. The molecule has 0 unspecified atom stereocenters. The number of Topliss-reactive ketones (excluding diaryl/α,β-unsaturated/α-hetero) is 1. The van der Waals surface area contributed by atoms with Gasteiger partial charge in [0.15, 0.2) is 0 Å². The van der Waals surface area contributed by atoms with E-state index < -0.39 is 0 Å². The SMILES string of the molecule is CCCC[C@@H](C)C(=O)C12CC1C2. The molecule has 68 valence electrons. The van der Waals surface area contributed by atoms with Gasteiger partial charge in [0, 0.05) is 11.3 Å². The second-order valence-electron chi connectivity index (χ2n) is 4.67. The molecule has 0 aromatic carbocycles. The lowest BCUT2D eigenvalue weighted by atomic mass is 9.93. The van der Waals surface area contributed by atoms with Crippen LogP contribution in [0.2, 0.25) is 0 Å². The first-order valence-electron chi connectivity index (χ1n) is 5.25. The van der Waals surface area contributed by atoms with Gasteiger partial charge in [-0.1, -0.05) is 26.7 Å². The number of carbonyl (C=O) groups excluding carboxylic acids is 1. The summed E-state index contributed by atoms with van der Waals surface area (Å²) in [5.41, 5.74) is 0.257. The maximum Gasteiger partial charge on any atom is 0.142 e. The van der Waals surface area contributed by atoms with E-state index >= 15 is 0 Å². The number of fused-ring (bicyclic) bond motifs is 1. The molecule has 0 amide bonds. The standard InChI is InChI=1S/C11H18O/c1-3-4-5-8(2)10(12)11-6-9(11)7-11/h8-9H,3-7H2,1-2H3/t8-,9?,11?/m1/s1. The van der Waals surface area contributed by atoms with E-state index in [1.165, 1.54) is 25.7 Å². The molecule has 2 fully saturated rings. The average Bonchev–Trinajstić information content (AvgIpc) is 2.84. The first-order valence-corrected chi connectivity index (χ1v) is 5.25. The second-order valence-corrected chi connectivity index (χ2v) is 4.67. The van der Waals surface area contributed by atoms with Crippen molar-refractivity contribution >= 4 is 5.78 Å². The van der Waals surface area contributed by atoms with Crippen molar-refractivity contribution in [3.63, 3.8) is 0 Å². The number of rotatable bonds is 5. The van der Waals surface area contributed by atoms with Gasteiger partial charge in [-0.2, -0.15) is 0 Å². The molecule has 2 aliphatic rings. The van der Waals surface area contributed by atoms with Gasteiger partial charge in [-0.15, -0.1) is 0 Å². The predicted octanol–water partition coefficient (Wildman–Crippen LogP) is 2.79. The summed E-state index contributed by atoms with van der Waals surface area (Å²) >= 11 is 0. The Balaban J connectivity index is 1.79. The van der Waals surface area contributed by atoms with Crippen LogP contribution < -0.4 is 0 Å². The molecule has 1 atom stereocenters. The minimum absolute atomic E-state index is 0.257. The third-order valence-corrected chi connectivity index (χ3v) is 3.61. The molecule has 1 heteroatoms. The summed E-state index contributed by atoms with van der Waals surface area (Å²) in [6.07, 6.45) is 6.00. The third kappa shape index (κ3) is 1.10. The molecular formula is C11H18O. The fourth-order valence-electron chi connectivity index (χ4n) is 2.24. The third-order valence-electron chi connectivity index (χ3n) is 3.61. The molecule has 0 aliphatic heterocycles. The van der Waals surface area contributed by atoms with E-state index in [2.05, 4.69) is 13.8 Å². The average molecular weight is 166 g/mol. The van der Waals surface area contributed by atoms with Crippen LogP contribution in [0.25, 0.3) is 0 Å². The highest BCUT2D eigenvalue weighted by atomic mass is 16.1. The zero-order valence-electron chi connectivity index (χ0n) is 8.10. The van der Waals surface area contributed by atoms with Gasteiger partial charge in [0.05, 0.1) is 0 Å². The van der Waals surface area contributed by atoms with Gasteiger partial charge in [0.2, 0.25) is 0 Å². The van der Waals surface area contributed by atoms with Crippen LogP contribution in [-0.4, -0.2) is 5.78 Å². The van der Waals surface area contributed by atoms with Gasteiger partial charge in [-0.3, -0.25) is 4.79 Å². The summed E-state index contributed by atoms with van der Waals surface area (Å²) in [5, 5.41) is 0. The predicted molar refractivity (Wildman–Crippen MR) is 48.9 cm³/mol. The monoisotopic (exact) mass is 166 g/mol. The van der Waals surface area contributed by atoms with E-state index in [9.17, 15) is 4.79 Å². The minimum Gasteiger partial charge on any atom is -0.299 e. The molecule has 0 bridgehead atoms. The Morgan fingerprint density at radius 1 is 1.58 bits per heavy atom. The lowest BCUT2D eigenvalue weighted by Crippen LogP contribution is -2.16. The molecule has 0 saturated heterocycles. The number of unbranched alkanes of at least 4 members (excludes halogenated alkanes) is 1. The Morgan fingerprint density at radius 2 is 2.17 bits per heavy atom. The van der Waals surface area contributed by atoms with Crippen molar-refractivity contribution in [1.29, 1.82) is 0 Å². The van der Waals surface area contributed by atoms with Gasteiger partial charge in [-0.05, 0) is 25.2 Å². The van der Waals surface area contributed by atoms with Crippen LogP contribution in [0.4, 0.5) is 0 Å². The van der Waals surface area contributed by atoms with Crippen LogP contribution in [-0.2, 0) is 4.79 Å². The summed E-state index contributed by atoms with van der Waals surface area (Å²) in [6.45, 7) is 4.30. The molecule has 0 spiro atoms. The Morgan fingerprint density at radius 3 is 2.58 bits per heavy atom. The highest BCUT2D eigenvalue weighted by Gasteiger charge is 2.74. The lowest BCUT2D eigenvalue weighted by Gasteiger charge is -2.10. The highest BCUT2D eigenvalue weighted by Crippen LogP contribution is 2.76. The van der Waals surface area contributed by atoms with Crippen molar-refractivity contribution in [3.8, 4) is 0 Å². The van der Waals surface area contributed by atoms with Gasteiger partial charge in [0.1, 0.15) is 5.78 Å². The summed E-state index contributed by atoms with van der Waals surface area (Å²) in [4.78, 5) is 11.8. The smallest absolute Gasteiger partial charge is 0.142 e. The molecule has 0 radical (unpaired) electrons. The minimum atomic E-state index is 0.257. The van der Waals surface area contributed by atoms with Crippen LogP contribution in [0.5, 0.6) is 0 Å². The van der Waals surface area contributed by atoms with Crippen molar-refractivity contribution in [2.75, 3.05) is 0 Å². The van der Waals surface area contributed by atoms with E-state index in [4.69, 9.17) is 0 Å². The van der Waals surface area contributed by atoms with E-state index in [0.717, 1.165) is 12.3 Å². The zero-order chi connectivity index (χ0) is 8.77. The normalized spacial score (nSPS) is 38.7. The van der Waals surface area contributed by atoms with Gasteiger partial charge in [-0.25, -0.2) is 0 Å². The Kier molecular flexibility index (Phi) is 1.78. The molecule has 0 heterocycles. The van der Waals surface area contributed by atoms with Crippen molar-refractivity contribution in [2.24, 2.45) is 17.3 Å². The van der Waals surface area contributed by atoms with Crippen LogP contribution >= 0.6 is 0 Å². The van der Waals surface area contributed by atoms with Gasteiger partial charge in [0.25, 0.3) is 0 Å². The highest BCUT2D eigenvalue weighted by molar-refractivity contribution is 5.93. The first kappa shape index (κ1) is 8.28. The van der Waals surface area contributed by atoms with Crippen LogP contribution in [0.15, 0.2) is 0 Å². The molecular weight excluding hydrogens is 148 g/mol. The lowest BCUT2D eigenvalue weighted by molar-refractivity contribution is -0.125. The van der Waals surface area contributed by atoms with E-state index in [1.807, 2.05) is 0 Å². The summed E-state index contributed by atoms with van der Waals surface area (Å²) in [6, 6.07) is 0. The maximum atomic E-state index is 11.8. The quantitative estimate of drug-likeness (QED) is 0.613. The number of carbonyl (C=O) groups is 1. The van der Waals surface area contributed by atoms with Crippen LogP contribution in [0.3, 0.4) is 0 Å². The van der Waals surface area contributed by atoms with Crippen molar-refractivity contribution in [3.05, 3.63) is 0 Å². The van der Waals surface area contributed by atoms with Crippen molar-refractivity contribution < 1.29 is 4.79 Å². The van der Waals surface area contributed by atoms with Crippen LogP contribution in [0.1, 0.15) is 46.0 Å². The fraction of sp³-hybridized carbons (Fsp3) is 0.909. The van der Waals surface area contributed by atoms with Crippen molar-refractivity contribution in [1.82, 2.24) is 0 Å². The Bertz CT molecular complexity index is 201. The molecule has 2 saturated carbocycles. The van der Waals surface area contributed by atoms with Gasteiger partial charge < -0.3 is 0 Å². The molecule has 12 heavy (non-hydrogen) atoms. The van der Waals surface area contributed by atoms with E-state index in [0.29, 0.717) is 11.7 Å². The van der Waals surface area contributed by atoms with Crippen LogP contribution in [0, 0.1) is 17.3 Å². The van der Waals surface area contributed by atoms with E-state index in [-0.39, 0.29) is 5.41 Å². The topological polar surface area (TPSA) is 17.1 Å². The number of hydrogen-bond donors (Lipinski definition) is 0. The summed E-state index contributed by atoms with van der Waals surface area (Å²) in [5.74, 6) is 1.76. The summed E-state index contributed by atoms with van der Waals surface area (Å²) in [7, 11) is 0. The zero-order valence-corrected chi connectivity index (χ0v) is 8.10. The molecule has 0 N–H and O–H groups in total. The van der Waals surface area contributed by atoms with Crippen molar-refractivity contribution in [2.45, 2.75) is 46.0 Å². The molecule has 0 aromatic heterocycles. The van der Waals surface area contributed by atoms with E-state index in [1.54, 1.807) is 0 Å². The Hall–Kier alpha value is -0.330. The second kappa shape index (κ2) is 2.58. The molecule has 0 aromatic rings.